The molecule has 44 heavy (non-hydrogen) atoms. The number of ether oxygens (including phenoxy) is 3. The van der Waals surface area contributed by atoms with Crippen molar-refractivity contribution in [3.63, 3.8) is 0 Å². The zero-order valence-electron chi connectivity index (χ0n) is 26.1. The minimum Gasteiger partial charge on any atom is -0.490 e. The van der Waals surface area contributed by atoms with Crippen LogP contribution in [-0.4, -0.2) is 37.4 Å². The van der Waals surface area contributed by atoms with Gasteiger partial charge in [-0.05, 0) is 98.8 Å². The largest absolute Gasteiger partial charge is 0.490 e. The van der Waals surface area contributed by atoms with Gasteiger partial charge in [-0.1, -0.05) is 37.4 Å². The molecule has 0 saturated carbocycles. The molecular formula is C35H42N2O5S2. The number of alkyl carbamates (subject to hydrolysis) is 1. The van der Waals surface area contributed by atoms with Crippen LogP contribution in [0.1, 0.15) is 53.4 Å². The van der Waals surface area contributed by atoms with Crippen molar-refractivity contribution >= 4 is 36.5 Å². The number of thioether (sulfide) groups is 1. The lowest BCUT2D eigenvalue weighted by Gasteiger charge is -2.26. The fourth-order valence-electron chi connectivity index (χ4n) is 4.32. The van der Waals surface area contributed by atoms with E-state index < -0.39 is 23.7 Å². The van der Waals surface area contributed by atoms with E-state index in [9.17, 15) is 9.59 Å². The molecule has 2 N–H and O–H groups in total. The highest BCUT2D eigenvalue weighted by atomic mass is 32.2. The van der Waals surface area contributed by atoms with Crippen LogP contribution in [0.2, 0.25) is 0 Å². The number of thiol groups is 1. The van der Waals surface area contributed by atoms with Gasteiger partial charge in [0.05, 0.1) is 18.7 Å². The Morgan fingerprint density at radius 3 is 2.36 bits per heavy atom. The molecule has 0 aliphatic heterocycles. The average Bonchev–Trinajstić information content (AvgIpc) is 2.96. The first-order valence-corrected chi connectivity index (χ1v) is 15.7. The summed E-state index contributed by atoms with van der Waals surface area (Å²) in [5, 5.41) is 6.31. The van der Waals surface area contributed by atoms with Crippen molar-refractivity contribution < 1.29 is 23.8 Å². The van der Waals surface area contributed by atoms with Crippen LogP contribution in [0.3, 0.4) is 0 Å². The number of rotatable bonds is 14. The van der Waals surface area contributed by atoms with Gasteiger partial charge in [0, 0.05) is 27.8 Å². The molecule has 0 heterocycles. The number of aryl methyl sites for hydroxylation is 1. The maximum absolute atomic E-state index is 12.7. The summed E-state index contributed by atoms with van der Waals surface area (Å²) in [5.41, 5.74) is 4.39. The van der Waals surface area contributed by atoms with Crippen molar-refractivity contribution in [2.24, 2.45) is 0 Å². The Balaban J connectivity index is 1.77. The first-order chi connectivity index (χ1) is 20.8. The first kappa shape index (κ1) is 34.7. The van der Waals surface area contributed by atoms with E-state index in [1.54, 1.807) is 23.9 Å². The Morgan fingerprint density at radius 1 is 1.02 bits per heavy atom. The second-order valence-electron chi connectivity index (χ2n) is 11.3. The van der Waals surface area contributed by atoms with Crippen molar-refractivity contribution in [2.75, 3.05) is 13.7 Å². The van der Waals surface area contributed by atoms with Crippen molar-refractivity contribution in [3.05, 3.63) is 113 Å². The van der Waals surface area contributed by atoms with E-state index in [1.165, 1.54) is 7.11 Å². The number of esters is 1. The fraction of sp³-hybridized carbons (Fsp3) is 0.314. The van der Waals surface area contributed by atoms with Gasteiger partial charge in [0.1, 0.15) is 18.0 Å². The van der Waals surface area contributed by atoms with Gasteiger partial charge < -0.3 is 24.8 Å². The lowest BCUT2D eigenvalue weighted by atomic mass is 10.0. The Morgan fingerprint density at radius 2 is 1.73 bits per heavy atom. The Bertz CT molecular complexity index is 1440. The third-order valence-electron chi connectivity index (χ3n) is 6.28. The molecule has 0 saturated heterocycles. The number of benzene rings is 3. The summed E-state index contributed by atoms with van der Waals surface area (Å²) in [4.78, 5) is 27.3. The van der Waals surface area contributed by atoms with Crippen LogP contribution in [0.5, 0.6) is 5.75 Å². The quantitative estimate of drug-likeness (QED) is 0.0726. The summed E-state index contributed by atoms with van der Waals surface area (Å²) in [6, 6.07) is 19.0. The SMILES string of the molecule is C=CCOc1ccc(CC(NC(=O)OC(C)(C)C)C(=C)NCc2cc(CSc3cc(C)cc(S)c3)cc(C(=O)OC)c2)cc1. The lowest BCUT2D eigenvalue weighted by molar-refractivity contribution is 0.0509. The molecule has 3 aromatic rings. The Hall–Kier alpha value is -3.82. The van der Waals surface area contributed by atoms with Gasteiger partial charge in [0.2, 0.25) is 0 Å². The summed E-state index contributed by atoms with van der Waals surface area (Å²) in [6.07, 6.45) is 1.62. The molecule has 0 bridgehead atoms. The molecule has 0 aliphatic carbocycles. The number of methoxy groups -OCH3 is 1. The highest BCUT2D eigenvalue weighted by Gasteiger charge is 2.22. The fourth-order valence-corrected chi connectivity index (χ4v) is 5.73. The van der Waals surface area contributed by atoms with Gasteiger partial charge >= 0.3 is 12.1 Å². The molecule has 0 aliphatic rings. The van der Waals surface area contributed by atoms with Gasteiger partial charge in [-0.3, -0.25) is 0 Å². The molecule has 3 aromatic carbocycles. The molecule has 0 radical (unpaired) electrons. The van der Waals surface area contributed by atoms with Crippen LogP contribution in [0.15, 0.2) is 95.4 Å². The molecule has 1 atom stereocenters. The van der Waals surface area contributed by atoms with Crippen molar-refractivity contribution in [1.29, 1.82) is 0 Å². The minimum atomic E-state index is -0.650. The lowest BCUT2D eigenvalue weighted by Crippen LogP contribution is -2.43. The predicted octanol–water partition coefficient (Wildman–Crippen LogP) is 7.67. The highest BCUT2D eigenvalue weighted by Crippen LogP contribution is 2.27. The summed E-state index contributed by atoms with van der Waals surface area (Å²) in [5.74, 6) is 0.982. The summed E-state index contributed by atoms with van der Waals surface area (Å²) < 4.78 is 16.1. The third-order valence-corrected chi connectivity index (χ3v) is 7.58. The van der Waals surface area contributed by atoms with Crippen molar-refractivity contribution in [3.8, 4) is 5.75 Å². The van der Waals surface area contributed by atoms with Gasteiger partial charge in [-0.15, -0.1) is 24.4 Å². The smallest absolute Gasteiger partial charge is 0.408 e. The van der Waals surface area contributed by atoms with Gasteiger partial charge in [-0.25, -0.2) is 9.59 Å². The average molecular weight is 635 g/mol. The predicted molar refractivity (Wildman–Crippen MR) is 181 cm³/mol. The molecular weight excluding hydrogens is 593 g/mol. The van der Waals surface area contributed by atoms with Crippen LogP contribution in [0.4, 0.5) is 4.79 Å². The van der Waals surface area contributed by atoms with Crippen LogP contribution >= 0.6 is 24.4 Å². The van der Waals surface area contributed by atoms with Crippen LogP contribution in [0, 0.1) is 6.92 Å². The van der Waals surface area contributed by atoms with E-state index >= 15 is 0 Å². The monoisotopic (exact) mass is 634 g/mol. The molecule has 1 unspecified atom stereocenters. The maximum atomic E-state index is 12.7. The zero-order chi connectivity index (χ0) is 32.3. The standard InChI is InChI=1S/C35H42N2O5S2/c1-8-13-41-29-11-9-25(10-12-29)19-32(37-34(39)42-35(4,5)6)24(3)36-21-26-16-27(18-28(17-26)33(38)40-7)22-44-31-15-23(2)14-30(43)20-31/h8-12,14-18,20,32,36,43H,1,3,13,19,21-22H2,2,4-7H3,(H,37,39). The number of hydrogen-bond donors (Lipinski definition) is 3. The van der Waals surface area contributed by atoms with E-state index in [4.69, 9.17) is 14.2 Å². The van der Waals surface area contributed by atoms with Crippen molar-refractivity contribution in [1.82, 2.24) is 10.6 Å². The molecule has 0 aromatic heterocycles. The van der Waals surface area contributed by atoms with E-state index in [0.717, 1.165) is 37.8 Å². The Kier molecular flexibility index (Phi) is 12.8. The van der Waals surface area contributed by atoms with Gasteiger partial charge in [-0.2, -0.15) is 0 Å². The first-order valence-electron chi connectivity index (χ1n) is 14.2. The molecule has 3 rings (SSSR count). The van der Waals surface area contributed by atoms with E-state index in [2.05, 4.69) is 48.6 Å². The molecule has 7 nitrogen and oxygen atoms in total. The molecule has 0 spiro atoms. The molecule has 0 fully saturated rings. The number of nitrogens with one attached hydrogen (secondary N) is 2. The number of carbonyl (C=O) groups is 2. The highest BCUT2D eigenvalue weighted by molar-refractivity contribution is 7.98. The maximum Gasteiger partial charge on any atom is 0.408 e. The van der Waals surface area contributed by atoms with Crippen molar-refractivity contribution in [2.45, 2.75) is 67.8 Å². The number of carbonyl (C=O) groups excluding carboxylic acids is 2. The van der Waals surface area contributed by atoms with E-state index in [-0.39, 0.29) is 0 Å². The topological polar surface area (TPSA) is 85.9 Å². The van der Waals surface area contributed by atoms with Gasteiger partial charge in [0.25, 0.3) is 0 Å². The number of amides is 1. The number of hydrogen-bond acceptors (Lipinski definition) is 8. The third kappa shape index (κ3) is 11.7. The molecule has 234 valence electrons. The second kappa shape index (κ2) is 16.3. The van der Waals surface area contributed by atoms with Crippen LogP contribution < -0.4 is 15.4 Å². The molecule has 9 heteroatoms. The summed E-state index contributed by atoms with van der Waals surface area (Å²) in [6.45, 7) is 16.2. The normalized spacial score (nSPS) is 11.7. The van der Waals surface area contributed by atoms with Crippen LogP contribution in [0.25, 0.3) is 0 Å². The van der Waals surface area contributed by atoms with Crippen LogP contribution in [-0.2, 0) is 28.2 Å². The minimum absolute atomic E-state index is 0.382. The van der Waals surface area contributed by atoms with E-state index in [1.807, 2.05) is 70.2 Å². The zero-order valence-corrected chi connectivity index (χ0v) is 27.8. The summed E-state index contributed by atoms with van der Waals surface area (Å²) in [7, 11) is 1.37. The second-order valence-corrected chi connectivity index (χ2v) is 12.9. The van der Waals surface area contributed by atoms with Gasteiger partial charge in [0.15, 0.2) is 0 Å². The van der Waals surface area contributed by atoms with E-state index in [0.29, 0.717) is 36.6 Å². The summed E-state index contributed by atoms with van der Waals surface area (Å²) >= 11 is 6.17. The Labute approximate surface area is 270 Å². The molecule has 1 amide bonds.